The molecule has 3 N–H and O–H groups in total. The fourth-order valence-corrected chi connectivity index (χ4v) is 2.92. The van der Waals surface area contributed by atoms with Gasteiger partial charge in [0.15, 0.2) is 5.96 Å². The summed E-state index contributed by atoms with van der Waals surface area (Å²) >= 11 is 0. The lowest BCUT2D eigenvalue weighted by Gasteiger charge is -2.23. The molecular weight excluding hydrogens is 260 g/mol. The van der Waals surface area contributed by atoms with Crippen molar-refractivity contribution in [3.63, 3.8) is 0 Å². The summed E-state index contributed by atoms with van der Waals surface area (Å²) in [5, 5.41) is 3.20. The van der Waals surface area contributed by atoms with Crippen molar-refractivity contribution in [2.24, 2.45) is 10.7 Å². The molecule has 2 rings (SSSR count). The zero-order valence-electron chi connectivity index (χ0n) is 13.5. The Bertz CT molecular complexity index is 494. The van der Waals surface area contributed by atoms with Gasteiger partial charge in [-0.25, -0.2) is 0 Å². The standard InChI is InChI=1S/C17H28N4/c1-4-21(13(2)3)11-10-19-17(18)20-16-9-8-14-6-5-7-15(14)12-16/h8-9,12-13H,4-7,10-11H2,1-3H3,(H3,18,19,20). The minimum atomic E-state index is 0.507. The molecule has 1 aromatic rings. The van der Waals surface area contributed by atoms with E-state index in [0.29, 0.717) is 12.0 Å². The number of guanidine groups is 1. The molecule has 0 bridgehead atoms. The zero-order valence-corrected chi connectivity index (χ0v) is 13.5. The molecule has 0 spiro atoms. The summed E-state index contributed by atoms with van der Waals surface area (Å²) < 4.78 is 0. The summed E-state index contributed by atoms with van der Waals surface area (Å²) in [7, 11) is 0. The highest BCUT2D eigenvalue weighted by atomic mass is 15.2. The van der Waals surface area contributed by atoms with Gasteiger partial charge in [0.2, 0.25) is 0 Å². The van der Waals surface area contributed by atoms with Crippen LogP contribution in [0.25, 0.3) is 0 Å². The highest BCUT2D eigenvalue weighted by Crippen LogP contribution is 2.24. The second-order valence-corrected chi connectivity index (χ2v) is 5.95. The maximum Gasteiger partial charge on any atom is 0.193 e. The molecule has 116 valence electrons. The Kier molecular flexibility index (Phi) is 5.62. The van der Waals surface area contributed by atoms with E-state index in [0.717, 1.165) is 25.3 Å². The fraction of sp³-hybridized carbons (Fsp3) is 0.588. The number of likely N-dealkylation sites (N-methyl/N-ethyl adjacent to an activating group) is 1. The van der Waals surface area contributed by atoms with Crippen LogP contribution in [-0.4, -0.2) is 36.5 Å². The summed E-state index contributed by atoms with van der Waals surface area (Å²) in [6, 6.07) is 7.06. The molecule has 1 aliphatic carbocycles. The molecule has 0 aromatic heterocycles. The Morgan fingerprint density at radius 1 is 1.33 bits per heavy atom. The van der Waals surface area contributed by atoms with E-state index in [1.807, 2.05) is 0 Å². The third-order valence-electron chi connectivity index (χ3n) is 4.18. The van der Waals surface area contributed by atoms with Crippen molar-refractivity contribution < 1.29 is 0 Å². The largest absolute Gasteiger partial charge is 0.370 e. The van der Waals surface area contributed by atoms with Gasteiger partial charge >= 0.3 is 0 Å². The molecule has 0 saturated heterocycles. The van der Waals surface area contributed by atoms with Crippen LogP contribution in [0.3, 0.4) is 0 Å². The van der Waals surface area contributed by atoms with Gasteiger partial charge in [-0.15, -0.1) is 0 Å². The highest BCUT2D eigenvalue weighted by Gasteiger charge is 2.11. The van der Waals surface area contributed by atoms with E-state index in [9.17, 15) is 0 Å². The van der Waals surface area contributed by atoms with Gasteiger partial charge < -0.3 is 11.1 Å². The minimum absolute atomic E-state index is 0.507. The number of fused-ring (bicyclic) bond motifs is 1. The number of nitrogens with one attached hydrogen (secondary N) is 1. The third-order valence-corrected chi connectivity index (χ3v) is 4.18. The van der Waals surface area contributed by atoms with E-state index < -0.39 is 0 Å². The number of hydrogen-bond donors (Lipinski definition) is 2. The van der Waals surface area contributed by atoms with Crippen LogP contribution in [0, 0.1) is 0 Å². The first-order chi connectivity index (χ1) is 10.1. The average molecular weight is 288 g/mol. The maximum atomic E-state index is 5.98. The van der Waals surface area contributed by atoms with Crippen molar-refractivity contribution in [2.45, 2.75) is 46.1 Å². The van der Waals surface area contributed by atoms with Crippen molar-refractivity contribution in [1.82, 2.24) is 4.90 Å². The summed E-state index contributed by atoms with van der Waals surface area (Å²) in [5.41, 5.74) is 9.95. The number of aliphatic imine (C=N–C) groups is 1. The smallest absolute Gasteiger partial charge is 0.193 e. The SMILES string of the molecule is CCN(CCN=C(N)Nc1ccc2c(c1)CCC2)C(C)C. The number of hydrogen-bond acceptors (Lipinski definition) is 2. The van der Waals surface area contributed by atoms with Crippen molar-refractivity contribution >= 4 is 11.6 Å². The lowest BCUT2D eigenvalue weighted by molar-refractivity contribution is 0.241. The second-order valence-electron chi connectivity index (χ2n) is 5.95. The van der Waals surface area contributed by atoms with Crippen LogP contribution in [0.15, 0.2) is 23.2 Å². The predicted octanol–water partition coefficient (Wildman–Crippen LogP) is 2.63. The minimum Gasteiger partial charge on any atom is -0.370 e. The molecule has 0 radical (unpaired) electrons. The molecule has 0 atom stereocenters. The molecule has 4 nitrogen and oxygen atoms in total. The van der Waals surface area contributed by atoms with Gasteiger partial charge in [0.1, 0.15) is 0 Å². The van der Waals surface area contributed by atoms with Gasteiger partial charge in [0, 0.05) is 18.3 Å². The van der Waals surface area contributed by atoms with Crippen molar-refractivity contribution in [3.8, 4) is 0 Å². The van der Waals surface area contributed by atoms with Crippen LogP contribution in [0.2, 0.25) is 0 Å². The van der Waals surface area contributed by atoms with Crippen LogP contribution >= 0.6 is 0 Å². The first kappa shape index (κ1) is 15.8. The average Bonchev–Trinajstić information content (AvgIpc) is 2.90. The van der Waals surface area contributed by atoms with Crippen LogP contribution in [0.4, 0.5) is 5.69 Å². The summed E-state index contributed by atoms with van der Waals surface area (Å²) in [6.07, 6.45) is 3.66. The zero-order chi connectivity index (χ0) is 15.2. The molecule has 21 heavy (non-hydrogen) atoms. The molecule has 4 heteroatoms. The topological polar surface area (TPSA) is 53.6 Å². The fourth-order valence-electron chi connectivity index (χ4n) is 2.92. The molecule has 0 aliphatic heterocycles. The molecule has 1 aliphatic rings. The Labute approximate surface area is 128 Å². The number of nitrogens with two attached hydrogens (primary N) is 1. The molecule has 0 fully saturated rings. The molecule has 0 saturated carbocycles. The van der Waals surface area contributed by atoms with Crippen LogP contribution < -0.4 is 11.1 Å². The van der Waals surface area contributed by atoms with Gasteiger partial charge in [-0.05, 0) is 62.9 Å². The van der Waals surface area contributed by atoms with Crippen LogP contribution in [-0.2, 0) is 12.8 Å². The number of anilines is 1. The number of nitrogens with zero attached hydrogens (tertiary/aromatic N) is 2. The van der Waals surface area contributed by atoms with E-state index in [-0.39, 0.29) is 0 Å². The number of aryl methyl sites for hydroxylation is 2. The van der Waals surface area contributed by atoms with E-state index in [1.54, 1.807) is 0 Å². The lowest BCUT2D eigenvalue weighted by atomic mass is 10.1. The van der Waals surface area contributed by atoms with Gasteiger partial charge in [-0.3, -0.25) is 9.89 Å². The Hall–Kier alpha value is -1.55. The van der Waals surface area contributed by atoms with Crippen molar-refractivity contribution in [3.05, 3.63) is 29.3 Å². The third kappa shape index (κ3) is 4.46. The second kappa shape index (κ2) is 7.46. The van der Waals surface area contributed by atoms with Crippen molar-refractivity contribution in [1.29, 1.82) is 0 Å². The number of benzene rings is 1. The summed E-state index contributed by atoms with van der Waals surface area (Å²) in [5.74, 6) is 0.507. The van der Waals surface area contributed by atoms with Crippen molar-refractivity contribution in [2.75, 3.05) is 25.0 Å². The Balaban J connectivity index is 1.86. The van der Waals surface area contributed by atoms with Gasteiger partial charge in [-0.2, -0.15) is 0 Å². The molecule has 0 heterocycles. The van der Waals surface area contributed by atoms with Gasteiger partial charge in [0.25, 0.3) is 0 Å². The van der Waals surface area contributed by atoms with E-state index in [2.05, 4.69) is 54.2 Å². The van der Waals surface area contributed by atoms with E-state index >= 15 is 0 Å². The van der Waals surface area contributed by atoms with Gasteiger partial charge in [0.05, 0.1) is 6.54 Å². The lowest BCUT2D eigenvalue weighted by Crippen LogP contribution is -2.33. The summed E-state index contributed by atoms with van der Waals surface area (Å²) in [6.45, 7) is 9.32. The molecule has 0 amide bonds. The van der Waals surface area contributed by atoms with E-state index in [4.69, 9.17) is 5.73 Å². The number of rotatable bonds is 6. The van der Waals surface area contributed by atoms with Gasteiger partial charge in [-0.1, -0.05) is 13.0 Å². The highest BCUT2D eigenvalue weighted by molar-refractivity contribution is 5.92. The predicted molar refractivity (Wildman–Crippen MR) is 91.0 cm³/mol. The van der Waals surface area contributed by atoms with Crippen LogP contribution in [0.1, 0.15) is 38.3 Å². The summed E-state index contributed by atoms with van der Waals surface area (Å²) in [4.78, 5) is 6.81. The first-order valence-corrected chi connectivity index (χ1v) is 8.03. The molecule has 0 unspecified atom stereocenters. The van der Waals surface area contributed by atoms with Crippen LogP contribution in [0.5, 0.6) is 0 Å². The normalized spacial score (nSPS) is 14.8. The molecular formula is C17H28N4. The first-order valence-electron chi connectivity index (χ1n) is 8.03. The Morgan fingerprint density at radius 2 is 2.10 bits per heavy atom. The Morgan fingerprint density at radius 3 is 2.81 bits per heavy atom. The van der Waals surface area contributed by atoms with E-state index in [1.165, 1.54) is 30.4 Å². The quantitative estimate of drug-likeness (QED) is 0.625. The monoisotopic (exact) mass is 288 g/mol. The molecule has 1 aromatic carbocycles. The maximum absolute atomic E-state index is 5.98.